The third kappa shape index (κ3) is 2.54. The molecule has 1 unspecified atom stereocenters. The number of aliphatic hydroxyl groups is 1. The highest BCUT2D eigenvalue weighted by atomic mass is 32.2. The van der Waals surface area contributed by atoms with Gasteiger partial charge in [0.15, 0.2) is 0 Å². The molecular formula is C17H17N3O4S. The summed E-state index contributed by atoms with van der Waals surface area (Å²) in [5.74, 6) is 0. The van der Waals surface area contributed by atoms with Gasteiger partial charge < -0.3 is 15.1 Å². The van der Waals surface area contributed by atoms with Gasteiger partial charge in [0.1, 0.15) is 0 Å². The zero-order valence-electron chi connectivity index (χ0n) is 13.5. The minimum Gasteiger partial charge on any atom is -0.388 e. The van der Waals surface area contributed by atoms with Crippen LogP contribution in [0.1, 0.15) is 23.7 Å². The fraction of sp³-hybridized carbons (Fsp3) is 0.235. The van der Waals surface area contributed by atoms with Crippen molar-refractivity contribution in [3.8, 4) is 0 Å². The smallest absolute Gasteiger partial charge is 0.323 e. The summed E-state index contributed by atoms with van der Waals surface area (Å²) in [4.78, 5) is 16.6. The lowest BCUT2D eigenvalue weighted by Crippen LogP contribution is -2.36. The van der Waals surface area contributed by atoms with Gasteiger partial charge in [-0.25, -0.2) is 13.2 Å². The normalized spacial score (nSPS) is 17.7. The Morgan fingerprint density at radius 1 is 1.12 bits per heavy atom. The van der Waals surface area contributed by atoms with Gasteiger partial charge in [-0.1, -0.05) is 17.7 Å². The molecule has 0 radical (unpaired) electrons. The Balaban J connectivity index is 1.85. The Labute approximate surface area is 144 Å². The number of anilines is 1. The first-order chi connectivity index (χ1) is 11.9. The summed E-state index contributed by atoms with van der Waals surface area (Å²) >= 11 is 0. The quantitative estimate of drug-likeness (QED) is 0.648. The van der Waals surface area contributed by atoms with Crippen molar-refractivity contribution < 1.29 is 13.5 Å². The Morgan fingerprint density at radius 2 is 1.88 bits per heavy atom. The van der Waals surface area contributed by atoms with E-state index in [4.69, 9.17) is 0 Å². The molecule has 3 N–H and O–H groups in total. The summed E-state index contributed by atoms with van der Waals surface area (Å²) in [6, 6.07) is 9.85. The average Bonchev–Trinajstić information content (AvgIpc) is 2.94. The van der Waals surface area contributed by atoms with Crippen molar-refractivity contribution in [3.05, 3.63) is 58.0 Å². The third-order valence-electron chi connectivity index (χ3n) is 4.49. The van der Waals surface area contributed by atoms with Gasteiger partial charge in [-0.05, 0) is 37.6 Å². The number of hydrogen-bond acceptors (Lipinski definition) is 4. The topological polar surface area (TPSA) is 106 Å². The molecule has 1 aromatic heterocycles. The van der Waals surface area contributed by atoms with Gasteiger partial charge in [0.2, 0.25) is 0 Å². The molecule has 2 aromatic carbocycles. The summed E-state index contributed by atoms with van der Waals surface area (Å²) in [5.41, 5.74) is 2.68. The second-order valence-corrected chi connectivity index (χ2v) is 8.09. The third-order valence-corrected chi connectivity index (χ3v) is 6.30. The maximum absolute atomic E-state index is 13.1. The van der Waals surface area contributed by atoms with Crippen LogP contribution in [0.25, 0.3) is 11.0 Å². The predicted octanol–water partition coefficient (Wildman–Crippen LogP) is 1.80. The minimum atomic E-state index is -3.81. The zero-order valence-corrected chi connectivity index (χ0v) is 14.3. The standard InChI is InChI=1S/C17H17N3O4S/c1-10-2-5-15-12(8-10)16(21)6-7-20(15)25(23,24)11-3-4-13-14(9-11)19-17(22)18-13/h2-5,8-9,16,21H,6-7H2,1H3,(H2,18,19,22). The molecule has 0 bridgehead atoms. The molecule has 2 heterocycles. The van der Waals surface area contributed by atoms with Crippen molar-refractivity contribution in [2.75, 3.05) is 10.8 Å². The molecule has 4 rings (SSSR count). The minimum absolute atomic E-state index is 0.0955. The van der Waals surface area contributed by atoms with Gasteiger partial charge in [0.25, 0.3) is 10.0 Å². The van der Waals surface area contributed by atoms with Crippen LogP contribution in [-0.4, -0.2) is 30.0 Å². The second-order valence-electron chi connectivity index (χ2n) is 6.23. The molecule has 25 heavy (non-hydrogen) atoms. The summed E-state index contributed by atoms with van der Waals surface area (Å²) in [7, 11) is -3.81. The van der Waals surface area contributed by atoms with Gasteiger partial charge in [0.05, 0.1) is 27.7 Å². The number of nitrogens with zero attached hydrogens (tertiary/aromatic N) is 1. The summed E-state index contributed by atoms with van der Waals surface area (Å²) in [5, 5.41) is 10.2. The first-order valence-electron chi connectivity index (χ1n) is 7.90. The van der Waals surface area contributed by atoms with Crippen LogP contribution in [0.5, 0.6) is 0 Å². The number of nitrogens with one attached hydrogen (secondary N) is 2. The van der Waals surface area contributed by atoms with Crippen molar-refractivity contribution in [2.24, 2.45) is 0 Å². The Bertz CT molecular complexity index is 1130. The highest BCUT2D eigenvalue weighted by Gasteiger charge is 2.32. The number of sulfonamides is 1. The Kier molecular flexibility index (Phi) is 3.48. The van der Waals surface area contributed by atoms with Gasteiger partial charge in [-0.3, -0.25) is 4.31 Å². The van der Waals surface area contributed by atoms with E-state index in [-0.39, 0.29) is 17.1 Å². The predicted molar refractivity (Wildman–Crippen MR) is 94.2 cm³/mol. The molecule has 0 saturated heterocycles. The van der Waals surface area contributed by atoms with Crippen LogP contribution in [0.2, 0.25) is 0 Å². The number of aryl methyl sites for hydroxylation is 1. The van der Waals surface area contributed by atoms with Crippen molar-refractivity contribution in [3.63, 3.8) is 0 Å². The molecule has 3 aromatic rings. The fourth-order valence-corrected chi connectivity index (χ4v) is 4.76. The molecule has 1 aliphatic heterocycles. The number of fused-ring (bicyclic) bond motifs is 2. The van der Waals surface area contributed by atoms with E-state index in [1.54, 1.807) is 12.1 Å². The van der Waals surface area contributed by atoms with Crippen LogP contribution < -0.4 is 9.99 Å². The van der Waals surface area contributed by atoms with E-state index in [9.17, 15) is 18.3 Å². The molecule has 1 atom stereocenters. The van der Waals surface area contributed by atoms with Crippen LogP contribution in [0.4, 0.5) is 5.69 Å². The van der Waals surface area contributed by atoms with Crippen LogP contribution >= 0.6 is 0 Å². The molecule has 0 fully saturated rings. The maximum atomic E-state index is 13.1. The van der Waals surface area contributed by atoms with Crippen molar-refractivity contribution >= 4 is 26.7 Å². The van der Waals surface area contributed by atoms with Gasteiger partial charge in [-0.15, -0.1) is 0 Å². The van der Waals surface area contributed by atoms with E-state index in [0.29, 0.717) is 28.7 Å². The first-order valence-corrected chi connectivity index (χ1v) is 9.34. The van der Waals surface area contributed by atoms with Gasteiger partial charge >= 0.3 is 5.69 Å². The lowest BCUT2D eigenvalue weighted by molar-refractivity contribution is 0.166. The van der Waals surface area contributed by atoms with Crippen LogP contribution in [0, 0.1) is 6.92 Å². The number of aliphatic hydroxyl groups excluding tert-OH is 1. The molecule has 130 valence electrons. The number of hydrogen-bond donors (Lipinski definition) is 3. The van der Waals surface area contributed by atoms with E-state index < -0.39 is 16.1 Å². The molecule has 0 saturated carbocycles. The second kappa shape index (κ2) is 5.47. The number of aromatic nitrogens is 2. The van der Waals surface area contributed by atoms with Crippen LogP contribution in [0.3, 0.4) is 0 Å². The van der Waals surface area contributed by atoms with E-state index in [0.717, 1.165) is 5.56 Å². The zero-order chi connectivity index (χ0) is 17.8. The van der Waals surface area contributed by atoms with Crippen molar-refractivity contribution in [1.29, 1.82) is 0 Å². The average molecular weight is 359 g/mol. The van der Waals surface area contributed by atoms with E-state index >= 15 is 0 Å². The molecule has 0 aliphatic carbocycles. The number of imidazole rings is 1. The van der Waals surface area contributed by atoms with Crippen LogP contribution in [-0.2, 0) is 10.0 Å². The summed E-state index contributed by atoms with van der Waals surface area (Å²) < 4.78 is 27.6. The lowest BCUT2D eigenvalue weighted by Gasteiger charge is -2.33. The van der Waals surface area contributed by atoms with E-state index in [1.165, 1.54) is 16.4 Å². The number of aromatic amines is 2. The maximum Gasteiger partial charge on any atom is 0.323 e. The lowest BCUT2D eigenvalue weighted by atomic mass is 9.99. The molecule has 0 spiro atoms. The molecule has 8 heteroatoms. The molecule has 0 amide bonds. The SMILES string of the molecule is Cc1ccc2c(c1)C(O)CCN2S(=O)(=O)c1ccc2[nH]c(=O)[nH]c2c1. The molecule has 1 aliphatic rings. The number of H-pyrrole nitrogens is 2. The number of benzene rings is 2. The van der Waals surface area contributed by atoms with Crippen LogP contribution in [0.15, 0.2) is 46.1 Å². The Morgan fingerprint density at radius 3 is 2.68 bits per heavy atom. The van der Waals surface area contributed by atoms with Crippen molar-refractivity contribution in [2.45, 2.75) is 24.3 Å². The highest BCUT2D eigenvalue weighted by Crippen LogP contribution is 2.37. The monoisotopic (exact) mass is 359 g/mol. The fourth-order valence-electron chi connectivity index (χ4n) is 3.23. The van der Waals surface area contributed by atoms with E-state index in [2.05, 4.69) is 9.97 Å². The Hall–Kier alpha value is -2.58. The summed E-state index contributed by atoms with van der Waals surface area (Å²) in [6.45, 7) is 2.10. The van der Waals surface area contributed by atoms with E-state index in [1.807, 2.05) is 19.1 Å². The molecular weight excluding hydrogens is 342 g/mol. The van der Waals surface area contributed by atoms with Crippen molar-refractivity contribution in [1.82, 2.24) is 9.97 Å². The first kappa shape index (κ1) is 15.9. The van der Waals surface area contributed by atoms with Gasteiger partial charge in [-0.2, -0.15) is 0 Å². The van der Waals surface area contributed by atoms with Gasteiger partial charge in [0, 0.05) is 12.1 Å². The number of rotatable bonds is 2. The summed E-state index contributed by atoms with van der Waals surface area (Å²) in [6.07, 6.45) is -0.344. The largest absolute Gasteiger partial charge is 0.388 e. The molecule has 7 nitrogen and oxygen atoms in total. The highest BCUT2D eigenvalue weighted by molar-refractivity contribution is 7.92.